The molecule has 1 heterocycles. The lowest BCUT2D eigenvalue weighted by Crippen LogP contribution is -2.46. The Morgan fingerprint density at radius 3 is 2.69 bits per heavy atom. The normalized spacial score (nSPS) is 15.3. The Labute approximate surface area is 154 Å². The SMILES string of the molecule is O=C(Nc1ccc(-n2cncn2)c(F)c1)C1(c2cccc(Cl)c2)CCC1. The summed E-state index contributed by atoms with van der Waals surface area (Å²) in [5, 5.41) is 7.36. The van der Waals surface area contributed by atoms with Crippen LogP contribution < -0.4 is 5.32 Å². The van der Waals surface area contributed by atoms with Gasteiger partial charge in [-0.15, -0.1) is 0 Å². The molecule has 7 heteroatoms. The molecule has 1 N–H and O–H groups in total. The lowest BCUT2D eigenvalue weighted by molar-refractivity contribution is -0.124. The highest BCUT2D eigenvalue weighted by atomic mass is 35.5. The summed E-state index contributed by atoms with van der Waals surface area (Å²) >= 11 is 6.09. The highest BCUT2D eigenvalue weighted by molar-refractivity contribution is 6.30. The molecule has 0 aliphatic heterocycles. The number of hydrogen-bond acceptors (Lipinski definition) is 3. The number of halogens is 2. The Bertz CT molecular complexity index is 954. The largest absolute Gasteiger partial charge is 0.325 e. The molecule has 26 heavy (non-hydrogen) atoms. The number of amides is 1. The van der Waals surface area contributed by atoms with Crippen LogP contribution in [0.1, 0.15) is 24.8 Å². The van der Waals surface area contributed by atoms with E-state index in [1.165, 1.54) is 23.4 Å². The van der Waals surface area contributed by atoms with Crippen LogP contribution in [0.25, 0.3) is 5.69 Å². The molecular weight excluding hydrogens is 355 g/mol. The number of benzene rings is 2. The minimum Gasteiger partial charge on any atom is -0.325 e. The second-order valence-electron chi connectivity index (χ2n) is 6.41. The van der Waals surface area contributed by atoms with Crippen molar-refractivity contribution in [3.05, 3.63) is 71.5 Å². The fraction of sp³-hybridized carbons (Fsp3) is 0.211. The molecule has 1 amide bonds. The fourth-order valence-electron chi connectivity index (χ4n) is 3.32. The van der Waals surface area contributed by atoms with Crippen molar-refractivity contribution in [1.29, 1.82) is 0 Å². The minimum absolute atomic E-state index is 0.140. The van der Waals surface area contributed by atoms with Gasteiger partial charge in [0.25, 0.3) is 0 Å². The molecule has 0 spiro atoms. The molecule has 4 rings (SSSR count). The Kier molecular flexibility index (Phi) is 4.20. The second kappa shape index (κ2) is 6.53. The van der Waals surface area contributed by atoms with E-state index in [0.717, 1.165) is 24.8 Å². The summed E-state index contributed by atoms with van der Waals surface area (Å²) in [4.78, 5) is 16.8. The number of hydrogen-bond donors (Lipinski definition) is 1. The van der Waals surface area contributed by atoms with Crippen molar-refractivity contribution in [3.8, 4) is 5.69 Å². The third kappa shape index (κ3) is 2.86. The zero-order valence-electron chi connectivity index (χ0n) is 13.8. The number of nitrogens with zero attached hydrogens (tertiary/aromatic N) is 3. The van der Waals surface area contributed by atoms with E-state index in [2.05, 4.69) is 15.4 Å². The molecule has 0 radical (unpaired) electrons. The zero-order chi connectivity index (χ0) is 18.1. The van der Waals surface area contributed by atoms with E-state index in [4.69, 9.17) is 11.6 Å². The van der Waals surface area contributed by atoms with Gasteiger partial charge in [0, 0.05) is 10.7 Å². The number of carbonyl (C=O) groups is 1. The van der Waals surface area contributed by atoms with Crippen LogP contribution >= 0.6 is 11.6 Å². The van der Waals surface area contributed by atoms with Crippen molar-refractivity contribution in [1.82, 2.24) is 14.8 Å². The molecule has 1 aromatic heterocycles. The first-order valence-electron chi connectivity index (χ1n) is 8.30. The van der Waals surface area contributed by atoms with Gasteiger partial charge < -0.3 is 5.32 Å². The molecule has 1 saturated carbocycles. The first-order valence-corrected chi connectivity index (χ1v) is 8.68. The van der Waals surface area contributed by atoms with Gasteiger partial charge in [0.2, 0.25) is 5.91 Å². The second-order valence-corrected chi connectivity index (χ2v) is 6.84. The lowest BCUT2D eigenvalue weighted by Gasteiger charge is -2.40. The average molecular weight is 371 g/mol. The maximum Gasteiger partial charge on any atom is 0.235 e. The van der Waals surface area contributed by atoms with E-state index < -0.39 is 11.2 Å². The Balaban J connectivity index is 1.59. The summed E-state index contributed by atoms with van der Waals surface area (Å²) in [5.41, 5.74) is 0.971. The van der Waals surface area contributed by atoms with Crippen molar-refractivity contribution in [2.75, 3.05) is 5.32 Å². The monoisotopic (exact) mass is 370 g/mol. The summed E-state index contributed by atoms with van der Waals surface area (Å²) in [7, 11) is 0. The van der Waals surface area contributed by atoms with Crippen LogP contribution in [0.5, 0.6) is 0 Å². The highest BCUT2D eigenvalue weighted by Crippen LogP contribution is 2.45. The molecule has 2 aromatic carbocycles. The van der Waals surface area contributed by atoms with Gasteiger partial charge in [-0.3, -0.25) is 4.79 Å². The molecule has 0 bridgehead atoms. The van der Waals surface area contributed by atoms with Gasteiger partial charge in [-0.2, -0.15) is 5.10 Å². The van der Waals surface area contributed by atoms with E-state index in [0.29, 0.717) is 10.7 Å². The first-order chi connectivity index (χ1) is 12.6. The topological polar surface area (TPSA) is 59.8 Å². The van der Waals surface area contributed by atoms with Gasteiger partial charge in [0.1, 0.15) is 18.3 Å². The molecule has 1 aliphatic rings. The molecule has 5 nitrogen and oxygen atoms in total. The number of anilines is 1. The summed E-state index contributed by atoms with van der Waals surface area (Å²) < 4.78 is 15.7. The summed E-state index contributed by atoms with van der Waals surface area (Å²) in [5.74, 6) is -0.627. The summed E-state index contributed by atoms with van der Waals surface area (Å²) in [6.07, 6.45) is 5.22. The van der Waals surface area contributed by atoms with E-state index in [9.17, 15) is 9.18 Å². The van der Waals surface area contributed by atoms with Gasteiger partial charge >= 0.3 is 0 Å². The van der Waals surface area contributed by atoms with Gasteiger partial charge in [0.15, 0.2) is 5.82 Å². The smallest absolute Gasteiger partial charge is 0.235 e. The molecule has 1 aliphatic carbocycles. The van der Waals surface area contributed by atoms with Crippen LogP contribution in [-0.4, -0.2) is 20.7 Å². The number of nitrogens with one attached hydrogen (secondary N) is 1. The Morgan fingerprint density at radius 1 is 1.23 bits per heavy atom. The lowest BCUT2D eigenvalue weighted by atomic mass is 9.64. The van der Waals surface area contributed by atoms with E-state index in [1.54, 1.807) is 18.2 Å². The number of aromatic nitrogens is 3. The van der Waals surface area contributed by atoms with Crippen LogP contribution in [0.3, 0.4) is 0 Å². The van der Waals surface area contributed by atoms with Crippen LogP contribution in [0, 0.1) is 5.82 Å². The van der Waals surface area contributed by atoms with Gasteiger partial charge in [-0.25, -0.2) is 14.1 Å². The van der Waals surface area contributed by atoms with Crippen LogP contribution in [-0.2, 0) is 10.2 Å². The average Bonchev–Trinajstić information content (AvgIpc) is 3.08. The van der Waals surface area contributed by atoms with Crippen LogP contribution in [0.4, 0.5) is 10.1 Å². The van der Waals surface area contributed by atoms with Crippen molar-refractivity contribution in [2.45, 2.75) is 24.7 Å². The van der Waals surface area contributed by atoms with Crippen LogP contribution in [0.2, 0.25) is 5.02 Å². The predicted octanol–water partition coefficient (Wildman–Crippen LogP) is 4.12. The number of carbonyl (C=O) groups excluding carboxylic acids is 1. The molecule has 1 fully saturated rings. The number of rotatable bonds is 4. The quantitative estimate of drug-likeness (QED) is 0.751. The predicted molar refractivity (Wildman–Crippen MR) is 96.9 cm³/mol. The van der Waals surface area contributed by atoms with Crippen LogP contribution in [0.15, 0.2) is 55.1 Å². The molecule has 0 atom stereocenters. The Morgan fingerprint density at radius 2 is 2.08 bits per heavy atom. The maximum absolute atomic E-state index is 14.4. The minimum atomic E-state index is -0.605. The molecule has 3 aromatic rings. The van der Waals surface area contributed by atoms with Crippen molar-refractivity contribution in [3.63, 3.8) is 0 Å². The molecule has 132 valence electrons. The third-order valence-electron chi connectivity index (χ3n) is 4.89. The van der Waals surface area contributed by atoms with Crippen molar-refractivity contribution < 1.29 is 9.18 Å². The fourth-order valence-corrected chi connectivity index (χ4v) is 3.51. The molecule has 0 saturated heterocycles. The highest BCUT2D eigenvalue weighted by Gasteiger charge is 2.45. The zero-order valence-corrected chi connectivity index (χ0v) is 14.6. The van der Waals surface area contributed by atoms with Gasteiger partial charge in [0.05, 0.1) is 5.41 Å². The summed E-state index contributed by atoms with van der Waals surface area (Å²) in [6.45, 7) is 0. The molecule has 0 unspecified atom stereocenters. The van der Waals surface area contributed by atoms with E-state index in [-0.39, 0.29) is 11.6 Å². The third-order valence-corrected chi connectivity index (χ3v) is 5.13. The van der Waals surface area contributed by atoms with E-state index >= 15 is 0 Å². The van der Waals surface area contributed by atoms with Gasteiger partial charge in [-0.05, 0) is 48.7 Å². The van der Waals surface area contributed by atoms with E-state index in [1.807, 2.05) is 18.2 Å². The van der Waals surface area contributed by atoms with Crippen molar-refractivity contribution >= 4 is 23.2 Å². The maximum atomic E-state index is 14.4. The summed E-state index contributed by atoms with van der Waals surface area (Å²) in [6, 6.07) is 11.9. The first kappa shape index (κ1) is 16.7. The standard InChI is InChI=1S/C19H16ClFN4O/c20-14-4-1-3-13(9-14)19(7-2-8-19)18(26)24-15-5-6-17(16(21)10-15)25-12-22-11-23-25/h1,3-6,9-12H,2,7-8H2,(H,24,26). The molecular formula is C19H16ClFN4O. The van der Waals surface area contributed by atoms with Gasteiger partial charge in [-0.1, -0.05) is 30.2 Å². The Hall–Kier alpha value is -2.73. The van der Waals surface area contributed by atoms with Crippen molar-refractivity contribution in [2.24, 2.45) is 0 Å².